The summed E-state index contributed by atoms with van der Waals surface area (Å²) in [7, 11) is 0. The lowest BCUT2D eigenvalue weighted by Gasteiger charge is -2.06. The molecule has 0 saturated heterocycles. The van der Waals surface area contributed by atoms with Crippen LogP contribution in [-0.4, -0.2) is 15.0 Å². The molecule has 0 fully saturated rings. The number of rotatable bonds is 3. The maximum Gasteiger partial charge on any atom is 0.260 e. The van der Waals surface area contributed by atoms with Crippen LogP contribution in [0.5, 0.6) is 11.6 Å². The molecule has 0 radical (unpaired) electrons. The number of nitrogens with two attached hydrogens (primary N) is 1. The molecule has 0 bridgehead atoms. The third-order valence-corrected chi connectivity index (χ3v) is 2.17. The van der Waals surface area contributed by atoms with Crippen LogP contribution in [0.25, 0.3) is 0 Å². The average molecular weight is 300 g/mol. The SMILES string of the molecule is NNc1ncc(F)c(Oc2cncc(Br)c2)n1. The van der Waals surface area contributed by atoms with Crippen molar-refractivity contribution < 1.29 is 9.13 Å². The highest BCUT2D eigenvalue weighted by Crippen LogP contribution is 2.24. The Bertz CT molecular complexity index is 539. The standard InChI is InChI=1S/C9H7BrFN5O/c10-5-1-6(3-13-2-5)17-8-7(11)4-14-9(15-8)16-12/h1-4H,12H2,(H,14,15,16). The van der Waals surface area contributed by atoms with Crippen molar-refractivity contribution in [1.82, 2.24) is 15.0 Å². The maximum atomic E-state index is 13.3. The van der Waals surface area contributed by atoms with E-state index in [2.05, 4.69) is 36.3 Å². The van der Waals surface area contributed by atoms with Crippen molar-refractivity contribution in [2.45, 2.75) is 0 Å². The van der Waals surface area contributed by atoms with Gasteiger partial charge in [-0.2, -0.15) is 9.37 Å². The normalized spacial score (nSPS) is 10.1. The van der Waals surface area contributed by atoms with Gasteiger partial charge in [0.05, 0.1) is 12.4 Å². The molecular weight excluding hydrogens is 293 g/mol. The Labute approximate surface area is 104 Å². The summed E-state index contributed by atoms with van der Waals surface area (Å²) in [4.78, 5) is 11.2. The molecule has 3 N–H and O–H groups in total. The lowest BCUT2D eigenvalue weighted by atomic mass is 10.4. The van der Waals surface area contributed by atoms with Gasteiger partial charge in [-0.25, -0.2) is 10.8 Å². The van der Waals surface area contributed by atoms with Crippen molar-refractivity contribution in [3.63, 3.8) is 0 Å². The minimum absolute atomic E-state index is 0.0596. The Balaban J connectivity index is 2.29. The third-order valence-electron chi connectivity index (χ3n) is 1.74. The number of nitrogens with one attached hydrogen (secondary N) is 1. The molecule has 8 heteroatoms. The van der Waals surface area contributed by atoms with Gasteiger partial charge in [-0.15, -0.1) is 0 Å². The van der Waals surface area contributed by atoms with Crippen LogP contribution in [0.3, 0.4) is 0 Å². The molecule has 0 aliphatic heterocycles. The van der Waals surface area contributed by atoms with Crippen molar-refractivity contribution >= 4 is 21.9 Å². The highest BCUT2D eigenvalue weighted by atomic mass is 79.9. The van der Waals surface area contributed by atoms with Crippen LogP contribution in [0.4, 0.5) is 10.3 Å². The van der Waals surface area contributed by atoms with E-state index in [4.69, 9.17) is 10.6 Å². The summed E-state index contributed by atoms with van der Waals surface area (Å²) in [6.07, 6.45) is 3.97. The van der Waals surface area contributed by atoms with E-state index in [1.165, 1.54) is 6.20 Å². The molecular formula is C9H7BrFN5O. The van der Waals surface area contributed by atoms with E-state index in [9.17, 15) is 4.39 Å². The first-order valence-corrected chi connectivity index (χ1v) is 5.26. The Morgan fingerprint density at radius 1 is 1.35 bits per heavy atom. The lowest BCUT2D eigenvalue weighted by molar-refractivity contribution is 0.419. The minimum atomic E-state index is -0.691. The molecule has 2 heterocycles. The van der Waals surface area contributed by atoms with Crippen molar-refractivity contribution in [1.29, 1.82) is 0 Å². The predicted molar refractivity (Wildman–Crippen MR) is 61.8 cm³/mol. The van der Waals surface area contributed by atoms with E-state index in [1.54, 1.807) is 12.3 Å². The molecule has 0 unspecified atom stereocenters. The molecule has 0 aliphatic rings. The summed E-state index contributed by atoms with van der Waals surface area (Å²) in [5.74, 6) is 4.60. The summed E-state index contributed by atoms with van der Waals surface area (Å²) >= 11 is 3.22. The van der Waals surface area contributed by atoms with Gasteiger partial charge < -0.3 is 4.74 Å². The molecule has 0 amide bonds. The van der Waals surface area contributed by atoms with Gasteiger partial charge in [0, 0.05) is 10.7 Å². The van der Waals surface area contributed by atoms with E-state index in [-0.39, 0.29) is 11.8 Å². The fourth-order valence-electron chi connectivity index (χ4n) is 1.05. The van der Waals surface area contributed by atoms with Crippen molar-refractivity contribution in [3.05, 3.63) is 34.9 Å². The van der Waals surface area contributed by atoms with E-state index >= 15 is 0 Å². The summed E-state index contributed by atoms with van der Waals surface area (Å²) in [6, 6.07) is 1.63. The number of nitrogens with zero attached hydrogens (tertiary/aromatic N) is 3. The fraction of sp³-hybridized carbons (Fsp3) is 0. The Morgan fingerprint density at radius 2 is 2.18 bits per heavy atom. The molecule has 88 valence electrons. The number of halogens is 2. The first-order valence-electron chi connectivity index (χ1n) is 4.46. The molecule has 0 aliphatic carbocycles. The van der Waals surface area contributed by atoms with E-state index < -0.39 is 5.82 Å². The van der Waals surface area contributed by atoms with E-state index in [0.717, 1.165) is 6.20 Å². The zero-order valence-corrected chi connectivity index (χ0v) is 9.98. The lowest BCUT2D eigenvalue weighted by Crippen LogP contribution is -2.11. The van der Waals surface area contributed by atoms with Crippen molar-refractivity contribution in [3.8, 4) is 11.6 Å². The molecule has 0 aromatic carbocycles. The number of hydrogen-bond donors (Lipinski definition) is 2. The second-order valence-corrected chi connectivity index (χ2v) is 3.85. The molecule has 17 heavy (non-hydrogen) atoms. The number of anilines is 1. The highest BCUT2D eigenvalue weighted by Gasteiger charge is 2.09. The largest absolute Gasteiger partial charge is 0.435 e. The first kappa shape index (κ1) is 11.7. The number of hydrogen-bond acceptors (Lipinski definition) is 6. The van der Waals surface area contributed by atoms with Crippen LogP contribution >= 0.6 is 15.9 Å². The Morgan fingerprint density at radius 3 is 2.88 bits per heavy atom. The van der Waals surface area contributed by atoms with Gasteiger partial charge in [0.15, 0.2) is 0 Å². The zero-order valence-electron chi connectivity index (χ0n) is 8.39. The first-order chi connectivity index (χ1) is 8.19. The van der Waals surface area contributed by atoms with Crippen LogP contribution < -0.4 is 16.0 Å². The highest BCUT2D eigenvalue weighted by molar-refractivity contribution is 9.10. The molecule has 2 aromatic rings. The Kier molecular flexibility index (Phi) is 3.45. The third kappa shape index (κ3) is 2.86. The predicted octanol–water partition coefficient (Wildman–Crippen LogP) is 1.85. The zero-order chi connectivity index (χ0) is 12.3. The molecule has 0 atom stereocenters. The molecule has 0 saturated carbocycles. The van der Waals surface area contributed by atoms with Crippen molar-refractivity contribution in [2.24, 2.45) is 5.84 Å². The van der Waals surface area contributed by atoms with Gasteiger partial charge in [0.1, 0.15) is 5.75 Å². The summed E-state index contributed by atoms with van der Waals surface area (Å²) < 4.78 is 19.3. The number of aromatic nitrogens is 3. The van der Waals surface area contributed by atoms with Gasteiger partial charge in [-0.05, 0) is 22.0 Å². The number of pyridine rings is 1. The van der Waals surface area contributed by atoms with Crippen LogP contribution in [0.1, 0.15) is 0 Å². The second kappa shape index (κ2) is 5.02. The minimum Gasteiger partial charge on any atom is -0.435 e. The van der Waals surface area contributed by atoms with Gasteiger partial charge >= 0.3 is 0 Å². The molecule has 2 rings (SSSR count). The summed E-state index contributed by atoms with van der Waals surface area (Å²) in [6.45, 7) is 0. The Hall–Kier alpha value is -1.80. The van der Waals surface area contributed by atoms with Crippen LogP contribution in [0.2, 0.25) is 0 Å². The van der Waals surface area contributed by atoms with Gasteiger partial charge in [-0.1, -0.05) is 0 Å². The summed E-state index contributed by atoms with van der Waals surface area (Å²) in [5, 5.41) is 0. The van der Waals surface area contributed by atoms with E-state index in [1.807, 2.05) is 0 Å². The van der Waals surface area contributed by atoms with Gasteiger partial charge in [0.2, 0.25) is 11.8 Å². The number of nitrogen functional groups attached to an aromatic ring is 1. The average Bonchev–Trinajstić information content (AvgIpc) is 2.32. The number of ether oxygens (including phenoxy) is 1. The monoisotopic (exact) mass is 299 g/mol. The van der Waals surface area contributed by atoms with Crippen LogP contribution in [0, 0.1) is 5.82 Å². The smallest absolute Gasteiger partial charge is 0.260 e. The maximum absolute atomic E-state index is 13.3. The quantitative estimate of drug-likeness (QED) is 0.664. The van der Waals surface area contributed by atoms with Gasteiger partial charge in [0.25, 0.3) is 5.88 Å². The molecule has 6 nitrogen and oxygen atoms in total. The second-order valence-electron chi connectivity index (χ2n) is 2.93. The van der Waals surface area contributed by atoms with Gasteiger partial charge in [-0.3, -0.25) is 10.4 Å². The molecule has 0 spiro atoms. The summed E-state index contributed by atoms with van der Waals surface area (Å²) in [5.41, 5.74) is 2.20. The van der Waals surface area contributed by atoms with Crippen LogP contribution in [-0.2, 0) is 0 Å². The number of hydrazine groups is 1. The van der Waals surface area contributed by atoms with Crippen molar-refractivity contribution in [2.75, 3.05) is 5.43 Å². The molecule has 2 aromatic heterocycles. The fourth-order valence-corrected chi connectivity index (χ4v) is 1.40. The topological polar surface area (TPSA) is 86.0 Å². The van der Waals surface area contributed by atoms with Crippen LogP contribution in [0.15, 0.2) is 29.1 Å². The van der Waals surface area contributed by atoms with E-state index in [0.29, 0.717) is 10.2 Å².